The summed E-state index contributed by atoms with van der Waals surface area (Å²) >= 11 is 1.70. The van der Waals surface area contributed by atoms with Gasteiger partial charge in [0, 0.05) is 4.88 Å². The van der Waals surface area contributed by atoms with Crippen LogP contribution in [0.5, 0.6) is 0 Å². The molecule has 1 aromatic heterocycles. The third-order valence-corrected chi connectivity index (χ3v) is 5.46. The predicted octanol–water partition coefficient (Wildman–Crippen LogP) is 2.69. The molecule has 1 saturated carbocycles. The monoisotopic (exact) mass is 264 g/mol. The first-order chi connectivity index (χ1) is 8.66. The van der Waals surface area contributed by atoms with Crippen LogP contribution in [0.2, 0.25) is 0 Å². The van der Waals surface area contributed by atoms with Crippen molar-refractivity contribution in [2.75, 3.05) is 11.9 Å². The third kappa shape index (κ3) is 1.97. The molecule has 4 heteroatoms. The van der Waals surface area contributed by atoms with Gasteiger partial charge in [-0.3, -0.25) is 4.79 Å². The summed E-state index contributed by atoms with van der Waals surface area (Å²) in [5.41, 5.74) is 2.19. The fraction of sp³-hybridized carbons (Fsp3) is 0.643. The lowest BCUT2D eigenvalue weighted by Crippen LogP contribution is -2.39. The number of thiophene rings is 1. The lowest BCUT2D eigenvalue weighted by atomic mass is 9.93. The topological polar surface area (TPSA) is 41.1 Å². The molecule has 3 unspecified atom stereocenters. The van der Waals surface area contributed by atoms with Crippen molar-refractivity contribution in [3.63, 3.8) is 0 Å². The number of amides is 1. The molecule has 1 amide bonds. The van der Waals surface area contributed by atoms with E-state index in [-0.39, 0.29) is 11.9 Å². The number of fused-ring (bicyclic) bond motifs is 1. The average Bonchev–Trinajstić information content (AvgIpc) is 2.99. The van der Waals surface area contributed by atoms with Crippen LogP contribution in [-0.2, 0) is 4.79 Å². The van der Waals surface area contributed by atoms with E-state index in [1.165, 1.54) is 29.7 Å². The van der Waals surface area contributed by atoms with Gasteiger partial charge < -0.3 is 10.6 Å². The van der Waals surface area contributed by atoms with E-state index in [0.29, 0.717) is 5.92 Å². The van der Waals surface area contributed by atoms with Crippen LogP contribution in [0.3, 0.4) is 0 Å². The second-order valence-corrected chi connectivity index (χ2v) is 6.66. The number of aryl methyl sites for hydroxylation is 2. The summed E-state index contributed by atoms with van der Waals surface area (Å²) in [4.78, 5) is 13.6. The SMILES string of the molecule is Cc1csc(C)c1NC(=O)C1NCC2CCCC21. The molecule has 3 atom stereocenters. The lowest BCUT2D eigenvalue weighted by molar-refractivity contribution is -0.118. The first-order valence-electron chi connectivity index (χ1n) is 6.75. The zero-order valence-electron chi connectivity index (χ0n) is 11.0. The minimum atomic E-state index is 0.0243. The third-order valence-electron chi connectivity index (χ3n) is 4.44. The van der Waals surface area contributed by atoms with Gasteiger partial charge in [-0.15, -0.1) is 11.3 Å². The van der Waals surface area contributed by atoms with Gasteiger partial charge in [-0.2, -0.15) is 0 Å². The minimum Gasteiger partial charge on any atom is -0.323 e. The van der Waals surface area contributed by atoms with Crippen LogP contribution in [-0.4, -0.2) is 18.5 Å². The van der Waals surface area contributed by atoms with Crippen molar-refractivity contribution in [2.24, 2.45) is 11.8 Å². The van der Waals surface area contributed by atoms with Crippen molar-refractivity contribution in [3.05, 3.63) is 15.8 Å². The van der Waals surface area contributed by atoms with Crippen molar-refractivity contribution in [1.82, 2.24) is 5.32 Å². The summed E-state index contributed by atoms with van der Waals surface area (Å²) in [6, 6.07) is 0.0243. The van der Waals surface area contributed by atoms with Crippen molar-refractivity contribution < 1.29 is 4.79 Å². The van der Waals surface area contributed by atoms with E-state index in [0.717, 1.165) is 18.2 Å². The summed E-state index contributed by atoms with van der Waals surface area (Å²) in [6.45, 7) is 5.14. The van der Waals surface area contributed by atoms with E-state index >= 15 is 0 Å². The van der Waals surface area contributed by atoms with Gasteiger partial charge in [-0.25, -0.2) is 0 Å². The molecule has 1 aliphatic heterocycles. The summed E-state index contributed by atoms with van der Waals surface area (Å²) in [7, 11) is 0. The fourth-order valence-corrected chi connectivity index (χ4v) is 4.24. The molecule has 2 N–H and O–H groups in total. The minimum absolute atomic E-state index is 0.0243. The van der Waals surface area contributed by atoms with Crippen molar-refractivity contribution >= 4 is 22.9 Å². The van der Waals surface area contributed by atoms with Crippen molar-refractivity contribution in [2.45, 2.75) is 39.2 Å². The molecular formula is C14H20N2OS. The van der Waals surface area contributed by atoms with Gasteiger partial charge in [0.1, 0.15) is 0 Å². The molecule has 3 nitrogen and oxygen atoms in total. The van der Waals surface area contributed by atoms with E-state index in [9.17, 15) is 4.79 Å². The van der Waals surface area contributed by atoms with Gasteiger partial charge in [0.15, 0.2) is 0 Å². The zero-order valence-corrected chi connectivity index (χ0v) is 11.8. The van der Waals surface area contributed by atoms with Crippen LogP contribution < -0.4 is 10.6 Å². The Balaban J connectivity index is 1.72. The summed E-state index contributed by atoms with van der Waals surface area (Å²) in [5.74, 6) is 1.45. The first-order valence-corrected chi connectivity index (χ1v) is 7.63. The molecule has 3 rings (SSSR count). The van der Waals surface area contributed by atoms with Gasteiger partial charge >= 0.3 is 0 Å². The summed E-state index contributed by atoms with van der Waals surface area (Å²) in [6.07, 6.45) is 3.78. The van der Waals surface area contributed by atoms with Crippen LogP contribution in [0.4, 0.5) is 5.69 Å². The van der Waals surface area contributed by atoms with E-state index < -0.39 is 0 Å². The molecule has 0 spiro atoms. The Kier molecular flexibility index (Phi) is 3.16. The number of carbonyl (C=O) groups excluding carboxylic acids is 1. The van der Waals surface area contributed by atoms with Gasteiger partial charge in [0.2, 0.25) is 5.91 Å². The van der Waals surface area contributed by atoms with Crippen LogP contribution in [0.15, 0.2) is 5.38 Å². The lowest BCUT2D eigenvalue weighted by Gasteiger charge is -2.18. The number of rotatable bonds is 2. The van der Waals surface area contributed by atoms with E-state index in [4.69, 9.17) is 0 Å². The highest BCUT2D eigenvalue weighted by atomic mass is 32.1. The normalized spacial score (nSPS) is 30.4. The molecule has 0 aromatic carbocycles. The van der Waals surface area contributed by atoms with Crippen LogP contribution in [0.25, 0.3) is 0 Å². The Morgan fingerprint density at radius 2 is 2.28 bits per heavy atom. The molecule has 18 heavy (non-hydrogen) atoms. The number of hydrogen-bond acceptors (Lipinski definition) is 3. The quantitative estimate of drug-likeness (QED) is 0.862. The van der Waals surface area contributed by atoms with Gasteiger partial charge in [-0.05, 0) is 56.0 Å². The summed E-state index contributed by atoms with van der Waals surface area (Å²) < 4.78 is 0. The van der Waals surface area contributed by atoms with Gasteiger partial charge in [-0.1, -0.05) is 6.42 Å². The molecular weight excluding hydrogens is 244 g/mol. The zero-order chi connectivity index (χ0) is 12.7. The first kappa shape index (κ1) is 12.2. The number of anilines is 1. The summed E-state index contributed by atoms with van der Waals surface area (Å²) in [5, 5.41) is 8.63. The average molecular weight is 264 g/mol. The highest BCUT2D eigenvalue weighted by molar-refractivity contribution is 7.10. The smallest absolute Gasteiger partial charge is 0.241 e. The molecule has 2 fully saturated rings. The maximum atomic E-state index is 12.4. The molecule has 2 heterocycles. The molecule has 2 aliphatic rings. The Hall–Kier alpha value is -0.870. The second-order valence-electron chi connectivity index (χ2n) is 5.58. The van der Waals surface area contributed by atoms with Crippen molar-refractivity contribution in [3.8, 4) is 0 Å². The van der Waals surface area contributed by atoms with Gasteiger partial charge in [0.25, 0.3) is 0 Å². The van der Waals surface area contributed by atoms with E-state index in [2.05, 4.69) is 29.9 Å². The molecule has 1 saturated heterocycles. The van der Waals surface area contributed by atoms with Crippen molar-refractivity contribution in [1.29, 1.82) is 0 Å². The molecule has 98 valence electrons. The van der Waals surface area contributed by atoms with Crippen LogP contribution in [0, 0.1) is 25.7 Å². The Morgan fingerprint density at radius 1 is 1.44 bits per heavy atom. The van der Waals surface area contributed by atoms with Gasteiger partial charge in [0.05, 0.1) is 11.7 Å². The van der Waals surface area contributed by atoms with Crippen LogP contribution >= 0.6 is 11.3 Å². The highest BCUT2D eigenvalue weighted by Gasteiger charge is 2.42. The molecule has 1 aliphatic carbocycles. The number of hydrogen-bond donors (Lipinski definition) is 2. The molecule has 0 radical (unpaired) electrons. The Morgan fingerprint density at radius 3 is 3.00 bits per heavy atom. The standard InChI is InChI=1S/C14H20N2OS/c1-8-7-18-9(2)12(8)16-14(17)13-11-5-3-4-10(11)6-15-13/h7,10-11,13,15H,3-6H2,1-2H3,(H,16,17). The number of nitrogens with one attached hydrogen (secondary N) is 2. The maximum absolute atomic E-state index is 12.4. The Bertz CT molecular complexity index is 449. The molecule has 1 aromatic rings. The maximum Gasteiger partial charge on any atom is 0.241 e. The largest absolute Gasteiger partial charge is 0.323 e. The van der Waals surface area contributed by atoms with E-state index in [1.807, 2.05) is 0 Å². The predicted molar refractivity (Wildman–Crippen MR) is 75.0 cm³/mol. The Labute approximate surface area is 112 Å². The second kappa shape index (κ2) is 4.67. The highest BCUT2D eigenvalue weighted by Crippen LogP contribution is 2.38. The number of carbonyl (C=O) groups is 1. The van der Waals surface area contributed by atoms with E-state index in [1.54, 1.807) is 11.3 Å². The molecule has 0 bridgehead atoms. The van der Waals surface area contributed by atoms with Crippen LogP contribution in [0.1, 0.15) is 29.7 Å². The fourth-order valence-electron chi connectivity index (χ4n) is 3.43.